The molecule has 0 saturated heterocycles. The SMILES string of the molecule is CCOC(=O)C(CO)=C(CO)CO. The van der Waals surface area contributed by atoms with E-state index in [1.807, 2.05) is 0 Å². The highest BCUT2D eigenvalue weighted by atomic mass is 16.5. The number of aliphatic hydroxyl groups excluding tert-OH is 3. The second kappa shape index (κ2) is 6.59. The van der Waals surface area contributed by atoms with Crippen molar-refractivity contribution >= 4 is 5.97 Å². The first-order chi connectivity index (χ1) is 6.21. The lowest BCUT2D eigenvalue weighted by atomic mass is 10.1. The summed E-state index contributed by atoms with van der Waals surface area (Å²) in [5.41, 5.74) is 0.00722. The summed E-state index contributed by atoms with van der Waals surface area (Å²) < 4.78 is 4.60. The van der Waals surface area contributed by atoms with Crippen LogP contribution in [0.5, 0.6) is 0 Å². The van der Waals surface area contributed by atoms with E-state index in [0.29, 0.717) is 0 Å². The Balaban J connectivity index is 4.63. The van der Waals surface area contributed by atoms with Crippen molar-refractivity contribution < 1.29 is 24.9 Å². The minimum Gasteiger partial charge on any atom is -0.463 e. The zero-order valence-electron chi connectivity index (χ0n) is 7.49. The standard InChI is InChI=1S/C8H14O5/c1-2-13-8(12)7(5-11)6(3-9)4-10/h9-11H,2-5H2,1H3. The molecule has 0 heterocycles. The lowest BCUT2D eigenvalue weighted by Crippen LogP contribution is -2.16. The quantitative estimate of drug-likeness (QED) is 0.375. The zero-order valence-corrected chi connectivity index (χ0v) is 7.49. The van der Waals surface area contributed by atoms with Crippen molar-refractivity contribution in [2.45, 2.75) is 6.92 Å². The third-order valence-electron chi connectivity index (χ3n) is 1.49. The lowest BCUT2D eigenvalue weighted by molar-refractivity contribution is -0.139. The molecule has 0 rings (SSSR count). The van der Waals surface area contributed by atoms with Crippen LogP contribution in [0.3, 0.4) is 0 Å². The van der Waals surface area contributed by atoms with Gasteiger partial charge in [-0.25, -0.2) is 4.79 Å². The predicted octanol–water partition coefficient (Wildman–Crippen LogP) is -1.18. The van der Waals surface area contributed by atoms with Gasteiger partial charge < -0.3 is 20.1 Å². The number of hydrogen-bond acceptors (Lipinski definition) is 5. The van der Waals surface area contributed by atoms with Gasteiger partial charge in [-0.1, -0.05) is 0 Å². The van der Waals surface area contributed by atoms with Gasteiger partial charge in [-0.3, -0.25) is 0 Å². The number of carbonyl (C=O) groups is 1. The van der Waals surface area contributed by atoms with Gasteiger partial charge in [0.2, 0.25) is 0 Å². The fraction of sp³-hybridized carbons (Fsp3) is 0.625. The minimum atomic E-state index is -0.705. The van der Waals surface area contributed by atoms with Crippen LogP contribution in [0.1, 0.15) is 6.92 Å². The molecule has 3 N–H and O–H groups in total. The summed E-state index contributed by atoms with van der Waals surface area (Å²) in [6.07, 6.45) is 0. The highest BCUT2D eigenvalue weighted by Crippen LogP contribution is 2.05. The molecule has 0 aliphatic heterocycles. The van der Waals surface area contributed by atoms with E-state index in [4.69, 9.17) is 15.3 Å². The highest BCUT2D eigenvalue weighted by molar-refractivity contribution is 5.89. The molecule has 0 amide bonds. The molecule has 0 atom stereocenters. The van der Waals surface area contributed by atoms with Crippen molar-refractivity contribution in [1.29, 1.82) is 0 Å². The molecule has 5 nitrogen and oxygen atoms in total. The number of hydrogen-bond donors (Lipinski definition) is 3. The molecule has 5 heteroatoms. The average molecular weight is 190 g/mol. The number of ether oxygens (including phenoxy) is 1. The van der Waals surface area contributed by atoms with Crippen LogP contribution in [0.4, 0.5) is 0 Å². The molecule has 0 saturated carbocycles. The van der Waals surface area contributed by atoms with Gasteiger partial charge in [0.25, 0.3) is 0 Å². The van der Waals surface area contributed by atoms with Gasteiger partial charge in [0.05, 0.1) is 32.0 Å². The van der Waals surface area contributed by atoms with E-state index in [0.717, 1.165) is 0 Å². The predicted molar refractivity (Wildman–Crippen MR) is 44.9 cm³/mol. The van der Waals surface area contributed by atoms with Crippen molar-refractivity contribution in [2.24, 2.45) is 0 Å². The first kappa shape index (κ1) is 12.1. The molecule has 0 spiro atoms. The van der Waals surface area contributed by atoms with Gasteiger partial charge in [-0.2, -0.15) is 0 Å². The molecule has 0 aliphatic carbocycles. The van der Waals surface area contributed by atoms with E-state index >= 15 is 0 Å². The summed E-state index contributed by atoms with van der Waals surface area (Å²) in [7, 11) is 0. The van der Waals surface area contributed by atoms with Gasteiger partial charge in [-0.05, 0) is 12.5 Å². The molecule has 0 aromatic rings. The maximum atomic E-state index is 11.1. The second-order valence-electron chi connectivity index (χ2n) is 2.28. The van der Waals surface area contributed by atoms with Gasteiger partial charge in [-0.15, -0.1) is 0 Å². The van der Waals surface area contributed by atoms with Gasteiger partial charge in [0, 0.05) is 0 Å². The molecule has 0 aromatic carbocycles. The van der Waals surface area contributed by atoms with Crippen LogP contribution in [-0.2, 0) is 9.53 Å². The van der Waals surface area contributed by atoms with Crippen LogP contribution in [0, 0.1) is 0 Å². The van der Waals surface area contributed by atoms with E-state index < -0.39 is 25.8 Å². The molecular formula is C8H14O5. The fourth-order valence-electron chi connectivity index (χ4n) is 0.780. The van der Waals surface area contributed by atoms with E-state index in [-0.39, 0.29) is 17.8 Å². The molecular weight excluding hydrogens is 176 g/mol. The van der Waals surface area contributed by atoms with Gasteiger partial charge >= 0.3 is 5.97 Å². The molecule has 13 heavy (non-hydrogen) atoms. The molecule has 0 radical (unpaired) electrons. The summed E-state index contributed by atoms with van der Waals surface area (Å²) in [6, 6.07) is 0. The Morgan fingerprint density at radius 3 is 2.00 bits per heavy atom. The molecule has 0 unspecified atom stereocenters. The molecule has 0 aliphatic rings. The first-order valence-corrected chi connectivity index (χ1v) is 3.91. The third kappa shape index (κ3) is 3.54. The van der Waals surface area contributed by atoms with Gasteiger partial charge in [0.15, 0.2) is 0 Å². The Morgan fingerprint density at radius 1 is 1.15 bits per heavy atom. The van der Waals surface area contributed by atoms with Crippen LogP contribution in [0.25, 0.3) is 0 Å². The zero-order chi connectivity index (χ0) is 10.3. The summed E-state index contributed by atoms with van der Waals surface area (Å²) in [5, 5.41) is 26.2. The van der Waals surface area contributed by atoms with Crippen molar-refractivity contribution in [2.75, 3.05) is 26.4 Å². The Bertz CT molecular complexity index is 191. The van der Waals surface area contributed by atoms with Crippen molar-refractivity contribution in [3.63, 3.8) is 0 Å². The van der Waals surface area contributed by atoms with E-state index in [2.05, 4.69) is 4.74 Å². The van der Waals surface area contributed by atoms with Crippen molar-refractivity contribution in [1.82, 2.24) is 0 Å². The smallest absolute Gasteiger partial charge is 0.336 e. The van der Waals surface area contributed by atoms with E-state index in [9.17, 15) is 4.79 Å². The molecule has 0 fully saturated rings. The summed E-state index contributed by atoms with van der Waals surface area (Å²) in [4.78, 5) is 11.1. The molecule has 0 bridgehead atoms. The van der Waals surface area contributed by atoms with Crippen LogP contribution in [-0.4, -0.2) is 47.7 Å². The van der Waals surface area contributed by atoms with Crippen LogP contribution >= 0.6 is 0 Å². The number of esters is 1. The molecule has 0 aromatic heterocycles. The normalized spacial score (nSPS) is 9.54. The number of rotatable bonds is 5. The molecule has 76 valence electrons. The largest absolute Gasteiger partial charge is 0.463 e. The van der Waals surface area contributed by atoms with Crippen LogP contribution < -0.4 is 0 Å². The number of aliphatic hydroxyl groups is 3. The fourth-order valence-corrected chi connectivity index (χ4v) is 0.780. The van der Waals surface area contributed by atoms with Crippen molar-refractivity contribution in [3.8, 4) is 0 Å². The Labute approximate surface area is 76.3 Å². The average Bonchev–Trinajstić information content (AvgIpc) is 2.14. The number of carbonyl (C=O) groups excluding carboxylic acids is 1. The van der Waals surface area contributed by atoms with Crippen LogP contribution in [0.2, 0.25) is 0 Å². The maximum absolute atomic E-state index is 11.1. The monoisotopic (exact) mass is 190 g/mol. The van der Waals surface area contributed by atoms with Crippen molar-refractivity contribution in [3.05, 3.63) is 11.1 Å². The topological polar surface area (TPSA) is 87.0 Å². The summed E-state index contributed by atoms with van der Waals surface area (Å²) >= 11 is 0. The Morgan fingerprint density at radius 2 is 1.69 bits per heavy atom. The minimum absolute atomic E-state index is 0.0770. The van der Waals surface area contributed by atoms with Gasteiger partial charge in [0.1, 0.15) is 0 Å². The second-order valence-corrected chi connectivity index (χ2v) is 2.28. The summed E-state index contributed by atoms with van der Waals surface area (Å²) in [6.45, 7) is 0.336. The summed E-state index contributed by atoms with van der Waals surface area (Å²) in [5.74, 6) is -0.705. The Kier molecular flexibility index (Phi) is 6.13. The Hall–Kier alpha value is -0.910. The van der Waals surface area contributed by atoms with E-state index in [1.54, 1.807) is 6.92 Å². The lowest BCUT2D eigenvalue weighted by Gasteiger charge is -2.08. The highest BCUT2D eigenvalue weighted by Gasteiger charge is 2.14. The van der Waals surface area contributed by atoms with E-state index in [1.165, 1.54) is 0 Å². The maximum Gasteiger partial charge on any atom is 0.336 e. The van der Waals surface area contributed by atoms with Crippen LogP contribution in [0.15, 0.2) is 11.1 Å². The third-order valence-corrected chi connectivity index (χ3v) is 1.49. The first-order valence-electron chi connectivity index (χ1n) is 3.91.